The summed E-state index contributed by atoms with van der Waals surface area (Å²) in [6.45, 7) is 7.77. The molecule has 1 aliphatic heterocycles. The average Bonchev–Trinajstić information content (AvgIpc) is 1.85. The zero-order valence-corrected chi connectivity index (χ0v) is 5.88. The number of aliphatic imine (C=N–C) groups is 1. The maximum Gasteiger partial charge on any atom is 0.0537 e. The molecule has 2 heteroatoms. The van der Waals surface area contributed by atoms with E-state index in [1.807, 2.05) is 13.8 Å². The fraction of sp³-hybridized carbons (Fsp3) is 0.333. The van der Waals surface area contributed by atoms with Crippen molar-refractivity contribution < 1.29 is 0 Å². The van der Waals surface area contributed by atoms with Crippen LogP contribution in [0.5, 0.6) is 0 Å². The highest BCUT2D eigenvalue weighted by Crippen LogP contribution is 2.34. The van der Waals surface area contributed by atoms with Crippen molar-refractivity contribution in [3.05, 3.63) is 17.5 Å². The minimum absolute atomic E-state index is 0.924. The molecule has 1 aliphatic rings. The van der Waals surface area contributed by atoms with Crippen molar-refractivity contribution >= 4 is 16.8 Å². The lowest BCUT2D eigenvalue weighted by molar-refractivity contribution is 1.29. The van der Waals surface area contributed by atoms with Crippen LogP contribution in [0, 0.1) is 5.25 Å². The van der Waals surface area contributed by atoms with Crippen molar-refractivity contribution in [1.29, 1.82) is 0 Å². The molecule has 0 saturated heterocycles. The van der Waals surface area contributed by atoms with E-state index in [1.54, 1.807) is 11.8 Å². The van der Waals surface area contributed by atoms with Gasteiger partial charge in [0.05, 0.1) is 5.04 Å². The molecule has 0 amide bonds. The second kappa shape index (κ2) is 1.86. The topological polar surface area (TPSA) is 12.4 Å². The molecule has 0 aromatic heterocycles. The first-order chi connectivity index (χ1) is 3.70. The molecule has 1 nitrogen and oxygen atoms in total. The van der Waals surface area contributed by atoms with E-state index < -0.39 is 0 Å². The van der Waals surface area contributed by atoms with E-state index in [9.17, 15) is 0 Å². The van der Waals surface area contributed by atoms with Gasteiger partial charge in [-0.15, -0.1) is 5.25 Å². The van der Waals surface area contributed by atoms with Crippen LogP contribution in [0.15, 0.2) is 17.3 Å². The van der Waals surface area contributed by atoms with Crippen molar-refractivity contribution in [3.63, 3.8) is 0 Å². The molecule has 44 valence electrons. The van der Waals surface area contributed by atoms with Crippen LogP contribution in [0.4, 0.5) is 0 Å². The molecule has 0 radical (unpaired) electrons. The van der Waals surface area contributed by atoms with Crippen LogP contribution >= 0.6 is 11.8 Å². The zero-order chi connectivity index (χ0) is 6.15. The van der Waals surface area contributed by atoms with Gasteiger partial charge in [-0.1, -0.05) is 12.6 Å². The lowest BCUT2D eigenvalue weighted by Gasteiger charge is -2.08. The Bertz CT molecular complexity index is 149. The van der Waals surface area contributed by atoms with E-state index >= 15 is 0 Å². The smallest absolute Gasteiger partial charge is 0.0537 e. The number of rotatable bonds is 0. The zero-order valence-electron chi connectivity index (χ0n) is 5.06. The van der Waals surface area contributed by atoms with Gasteiger partial charge in [-0.2, -0.15) is 11.8 Å². The molecule has 1 heterocycles. The normalized spacial score (nSPS) is 19.5. The fourth-order valence-corrected chi connectivity index (χ4v) is 1.33. The van der Waals surface area contributed by atoms with Crippen molar-refractivity contribution in [1.82, 2.24) is 0 Å². The molecule has 0 aliphatic carbocycles. The Kier molecular flexibility index (Phi) is 1.34. The third-order valence-corrected chi connectivity index (χ3v) is 1.93. The summed E-state index contributed by atoms with van der Waals surface area (Å²) in [6.07, 6.45) is 0. The van der Waals surface area contributed by atoms with Gasteiger partial charge in [0.15, 0.2) is 0 Å². The van der Waals surface area contributed by atoms with Crippen LogP contribution in [0.3, 0.4) is 0 Å². The molecular weight excluding hydrogens is 118 g/mol. The Labute approximate surface area is 53.9 Å². The Balaban J connectivity index is 2.70. The van der Waals surface area contributed by atoms with Crippen LogP contribution in [-0.2, 0) is 0 Å². The van der Waals surface area contributed by atoms with E-state index in [0.29, 0.717) is 0 Å². The van der Waals surface area contributed by atoms with Gasteiger partial charge in [0.1, 0.15) is 0 Å². The van der Waals surface area contributed by atoms with Crippen LogP contribution in [-0.4, -0.2) is 5.04 Å². The molecule has 0 spiro atoms. The second-order valence-corrected chi connectivity index (χ2v) is 3.14. The number of hydrogen-bond acceptors (Lipinski definition) is 2. The van der Waals surface area contributed by atoms with Gasteiger partial charge >= 0.3 is 0 Å². The Hall–Kier alpha value is -0.370. The first kappa shape index (κ1) is 5.76. The highest BCUT2D eigenvalue weighted by Gasteiger charge is 2.04. The maximum atomic E-state index is 4.12. The molecule has 0 aromatic rings. The monoisotopic (exact) mass is 126 g/mol. The molecule has 0 aromatic carbocycles. The highest BCUT2D eigenvalue weighted by atomic mass is 32.2. The second-order valence-electron chi connectivity index (χ2n) is 1.74. The van der Waals surface area contributed by atoms with Crippen LogP contribution in [0.25, 0.3) is 0 Å². The first-order valence-corrected chi connectivity index (χ1v) is 3.28. The third-order valence-electron chi connectivity index (χ3n) is 1.000. The van der Waals surface area contributed by atoms with Gasteiger partial charge in [-0.25, -0.2) is 6.58 Å². The minimum Gasteiger partial charge on any atom is -0.286 e. The Morgan fingerprint density at radius 1 is 1.75 bits per heavy atom. The minimum atomic E-state index is 0.924. The largest absolute Gasteiger partial charge is 0.286 e. The summed E-state index contributed by atoms with van der Waals surface area (Å²) in [7, 11) is 0. The molecule has 0 atom stereocenters. The quantitative estimate of drug-likeness (QED) is 0.453. The molecule has 0 bridgehead atoms. The van der Waals surface area contributed by atoms with Crippen LogP contribution < -0.4 is 0 Å². The summed E-state index contributed by atoms with van der Waals surface area (Å²) in [6, 6.07) is 0. The summed E-state index contributed by atoms with van der Waals surface area (Å²) >= 11 is 1.70. The molecule has 1 rings (SSSR count). The molecule has 0 unspecified atom stereocenters. The van der Waals surface area contributed by atoms with E-state index in [-0.39, 0.29) is 0 Å². The lowest BCUT2D eigenvalue weighted by atomic mass is 10.4. The Morgan fingerprint density at radius 2 is 2.38 bits per heavy atom. The predicted octanol–water partition coefficient (Wildman–Crippen LogP) is 2.22. The van der Waals surface area contributed by atoms with E-state index in [2.05, 4.69) is 11.6 Å². The van der Waals surface area contributed by atoms with Gasteiger partial charge in [0.2, 0.25) is 0 Å². The molecule has 0 fully saturated rings. The van der Waals surface area contributed by atoms with Crippen LogP contribution in [0.2, 0.25) is 0 Å². The van der Waals surface area contributed by atoms with Crippen molar-refractivity contribution in [3.8, 4) is 0 Å². The highest BCUT2D eigenvalue weighted by molar-refractivity contribution is 8.16. The summed E-state index contributed by atoms with van der Waals surface area (Å²) in [5.41, 5.74) is 0.924. The molecular formula is C6H8NS-. The number of hydrogen-bond donors (Lipinski definition) is 0. The number of thioether (sulfide) groups is 1. The summed E-state index contributed by atoms with van der Waals surface area (Å²) < 4.78 is 0. The predicted molar refractivity (Wildman–Crippen MR) is 38.8 cm³/mol. The standard InChI is InChI=1S/C6H8NS/c1-4-5(2)8-6(3)7-4/h1H2,2-3H3/q-1. The summed E-state index contributed by atoms with van der Waals surface area (Å²) in [5, 5.41) is 2.33. The van der Waals surface area contributed by atoms with E-state index in [0.717, 1.165) is 10.7 Å². The van der Waals surface area contributed by atoms with Crippen molar-refractivity contribution in [2.24, 2.45) is 4.99 Å². The summed E-state index contributed by atoms with van der Waals surface area (Å²) in [5.74, 6) is 0. The Morgan fingerprint density at radius 3 is 2.50 bits per heavy atom. The van der Waals surface area contributed by atoms with E-state index in [4.69, 9.17) is 0 Å². The molecule has 8 heavy (non-hydrogen) atoms. The van der Waals surface area contributed by atoms with Crippen molar-refractivity contribution in [2.75, 3.05) is 0 Å². The molecule has 0 N–H and O–H groups in total. The lowest BCUT2D eigenvalue weighted by Crippen LogP contribution is -1.77. The maximum absolute atomic E-state index is 4.12. The van der Waals surface area contributed by atoms with Gasteiger partial charge in [0, 0.05) is 0 Å². The summed E-state index contributed by atoms with van der Waals surface area (Å²) in [4.78, 5) is 4.12. The van der Waals surface area contributed by atoms with Crippen LogP contribution in [0.1, 0.15) is 13.8 Å². The molecule has 0 saturated carbocycles. The SMILES string of the molecule is C=C1N=C(C)S[C-]1C. The van der Waals surface area contributed by atoms with Gasteiger partial charge in [-0.3, -0.25) is 4.99 Å². The van der Waals surface area contributed by atoms with Gasteiger partial charge in [0.25, 0.3) is 0 Å². The van der Waals surface area contributed by atoms with E-state index in [1.165, 1.54) is 5.25 Å². The van der Waals surface area contributed by atoms with Gasteiger partial charge < -0.3 is 0 Å². The third kappa shape index (κ3) is 0.892. The fourth-order valence-electron chi connectivity index (χ4n) is 0.572. The number of nitrogens with zero attached hydrogens (tertiary/aromatic N) is 1. The van der Waals surface area contributed by atoms with Crippen molar-refractivity contribution in [2.45, 2.75) is 13.8 Å². The first-order valence-electron chi connectivity index (χ1n) is 2.46. The van der Waals surface area contributed by atoms with Gasteiger partial charge in [-0.05, 0) is 6.92 Å². The average molecular weight is 126 g/mol.